The van der Waals surface area contributed by atoms with Gasteiger partial charge in [-0.05, 0) is 42.8 Å². The van der Waals surface area contributed by atoms with Crippen LogP contribution in [-0.2, 0) is 4.79 Å². The lowest BCUT2D eigenvalue weighted by Crippen LogP contribution is -2.16. The Bertz CT molecular complexity index is 451. The van der Waals surface area contributed by atoms with Crippen LogP contribution in [0.15, 0.2) is 29.2 Å². The van der Waals surface area contributed by atoms with Gasteiger partial charge in [0.1, 0.15) is 0 Å². The minimum atomic E-state index is -4.38. The van der Waals surface area contributed by atoms with Crippen LogP contribution in [0.3, 0.4) is 0 Å². The molecule has 1 aromatic rings. The summed E-state index contributed by atoms with van der Waals surface area (Å²) in [6, 6.07) is 5.87. The molecule has 7 heteroatoms. The van der Waals surface area contributed by atoms with E-state index < -0.39 is 5.51 Å². The second-order valence-electron chi connectivity index (χ2n) is 4.47. The van der Waals surface area contributed by atoms with E-state index in [1.807, 2.05) is 6.92 Å². The van der Waals surface area contributed by atoms with Crippen LogP contribution in [0.5, 0.6) is 0 Å². The van der Waals surface area contributed by atoms with Crippen molar-refractivity contribution < 1.29 is 18.0 Å². The van der Waals surface area contributed by atoms with Crippen molar-refractivity contribution in [3.8, 4) is 0 Å². The Morgan fingerprint density at radius 3 is 2.65 bits per heavy atom. The highest BCUT2D eigenvalue weighted by molar-refractivity contribution is 8.00. The third-order valence-corrected chi connectivity index (χ3v) is 3.46. The van der Waals surface area contributed by atoms with Crippen molar-refractivity contribution in [2.45, 2.75) is 30.2 Å². The Hall–Kier alpha value is -1.21. The van der Waals surface area contributed by atoms with Crippen LogP contribution in [0.25, 0.3) is 0 Å². The number of hydrogen-bond acceptors (Lipinski definition) is 3. The molecule has 0 fully saturated rings. The Balaban J connectivity index is 2.65. The van der Waals surface area contributed by atoms with Gasteiger partial charge in [0.15, 0.2) is 0 Å². The minimum absolute atomic E-state index is 0.0137. The van der Waals surface area contributed by atoms with Crippen molar-refractivity contribution in [3.05, 3.63) is 24.3 Å². The highest BCUT2D eigenvalue weighted by Gasteiger charge is 2.30. The van der Waals surface area contributed by atoms with Crippen LogP contribution in [-0.4, -0.2) is 18.0 Å². The van der Waals surface area contributed by atoms with Crippen LogP contribution in [0.1, 0.15) is 19.8 Å². The van der Waals surface area contributed by atoms with Gasteiger partial charge in [0.25, 0.3) is 0 Å². The molecule has 1 rings (SSSR count). The topological polar surface area (TPSA) is 55.1 Å². The molecule has 1 atom stereocenters. The van der Waals surface area contributed by atoms with E-state index in [1.165, 1.54) is 18.2 Å². The standard InChI is InChI=1S/C13H17F3N2OS/c1-9(8-17)6-7-12(19)18-10-4-2-3-5-11(10)20-13(14,15)16/h2-5,9H,6-8,17H2,1H3,(H,18,19). The number of rotatable bonds is 6. The Morgan fingerprint density at radius 2 is 2.05 bits per heavy atom. The number of carbonyl (C=O) groups excluding carboxylic acids is 1. The zero-order valence-corrected chi connectivity index (χ0v) is 11.9. The molecule has 0 aliphatic heterocycles. The molecule has 0 aliphatic carbocycles. The molecule has 3 nitrogen and oxygen atoms in total. The average molecular weight is 306 g/mol. The molecule has 0 aromatic heterocycles. The normalized spacial score (nSPS) is 13.1. The summed E-state index contributed by atoms with van der Waals surface area (Å²) in [6.07, 6.45) is 0.848. The second-order valence-corrected chi connectivity index (χ2v) is 5.58. The maximum absolute atomic E-state index is 12.4. The Labute approximate surface area is 120 Å². The van der Waals surface area contributed by atoms with E-state index in [0.717, 1.165) is 0 Å². The van der Waals surface area contributed by atoms with E-state index in [2.05, 4.69) is 5.32 Å². The first-order chi connectivity index (χ1) is 9.31. The molecule has 3 N–H and O–H groups in total. The van der Waals surface area contributed by atoms with Crippen LogP contribution >= 0.6 is 11.8 Å². The SMILES string of the molecule is CC(CN)CCC(=O)Nc1ccccc1SC(F)(F)F. The monoisotopic (exact) mass is 306 g/mol. The van der Waals surface area contributed by atoms with Gasteiger partial charge in [0, 0.05) is 11.3 Å². The molecular formula is C13H17F3N2OS. The summed E-state index contributed by atoms with van der Waals surface area (Å²) in [7, 11) is 0. The van der Waals surface area contributed by atoms with Gasteiger partial charge < -0.3 is 11.1 Å². The first-order valence-corrected chi connectivity index (χ1v) is 6.98. The molecule has 0 heterocycles. The van der Waals surface area contributed by atoms with Crippen molar-refractivity contribution in [1.82, 2.24) is 0 Å². The van der Waals surface area contributed by atoms with Crippen molar-refractivity contribution in [1.29, 1.82) is 0 Å². The van der Waals surface area contributed by atoms with E-state index in [9.17, 15) is 18.0 Å². The van der Waals surface area contributed by atoms with Gasteiger partial charge in [-0.1, -0.05) is 19.1 Å². The number of benzene rings is 1. The third kappa shape index (κ3) is 6.29. The van der Waals surface area contributed by atoms with Gasteiger partial charge in [-0.25, -0.2) is 0 Å². The maximum Gasteiger partial charge on any atom is 0.446 e. The molecule has 1 aromatic carbocycles. The highest BCUT2D eigenvalue weighted by Crippen LogP contribution is 2.40. The van der Waals surface area contributed by atoms with E-state index in [-0.39, 0.29) is 40.6 Å². The Morgan fingerprint density at radius 1 is 1.40 bits per heavy atom. The smallest absolute Gasteiger partial charge is 0.330 e. The average Bonchev–Trinajstić information content (AvgIpc) is 2.36. The Kier molecular flexibility index (Phi) is 6.35. The number of halogens is 3. The predicted octanol–water partition coefficient (Wildman–Crippen LogP) is 3.61. The van der Waals surface area contributed by atoms with Crippen LogP contribution in [0.2, 0.25) is 0 Å². The molecule has 0 radical (unpaired) electrons. The maximum atomic E-state index is 12.4. The molecule has 0 saturated carbocycles. The van der Waals surface area contributed by atoms with Crippen molar-refractivity contribution >= 4 is 23.4 Å². The van der Waals surface area contributed by atoms with Crippen LogP contribution < -0.4 is 11.1 Å². The lowest BCUT2D eigenvalue weighted by molar-refractivity contribution is -0.116. The summed E-state index contributed by atoms with van der Waals surface area (Å²) in [6.45, 7) is 2.40. The third-order valence-electron chi connectivity index (χ3n) is 2.65. The number of hydrogen-bond donors (Lipinski definition) is 2. The summed E-state index contributed by atoms with van der Waals surface area (Å²) in [4.78, 5) is 11.7. The number of carbonyl (C=O) groups is 1. The quantitative estimate of drug-likeness (QED) is 0.789. The summed E-state index contributed by atoms with van der Waals surface area (Å²) in [5.41, 5.74) is 1.24. The largest absolute Gasteiger partial charge is 0.446 e. The number of nitrogens with one attached hydrogen (secondary N) is 1. The number of para-hydroxylation sites is 1. The summed E-state index contributed by atoms with van der Waals surface area (Å²) >= 11 is -0.236. The molecule has 1 unspecified atom stereocenters. The van der Waals surface area contributed by atoms with Crippen molar-refractivity contribution in [3.63, 3.8) is 0 Å². The van der Waals surface area contributed by atoms with Gasteiger partial charge in [-0.15, -0.1) is 0 Å². The first kappa shape index (κ1) is 16.8. The molecule has 1 amide bonds. The molecule has 0 aliphatic rings. The van der Waals surface area contributed by atoms with Crippen LogP contribution in [0, 0.1) is 5.92 Å². The van der Waals surface area contributed by atoms with Gasteiger partial charge in [0.05, 0.1) is 5.69 Å². The zero-order chi connectivity index (χ0) is 15.2. The van der Waals surface area contributed by atoms with E-state index in [4.69, 9.17) is 5.73 Å². The number of alkyl halides is 3. The summed E-state index contributed by atoms with van der Waals surface area (Å²) < 4.78 is 37.2. The lowest BCUT2D eigenvalue weighted by atomic mass is 10.1. The van der Waals surface area contributed by atoms with Gasteiger partial charge in [-0.2, -0.15) is 13.2 Å². The number of nitrogens with two attached hydrogens (primary N) is 1. The first-order valence-electron chi connectivity index (χ1n) is 6.16. The highest BCUT2D eigenvalue weighted by atomic mass is 32.2. The molecule has 0 bridgehead atoms. The fraction of sp³-hybridized carbons (Fsp3) is 0.462. The van der Waals surface area contributed by atoms with E-state index >= 15 is 0 Å². The molecule has 20 heavy (non-hydrogen) atoms. The van der Waals surface area contributed by atoms with Crippen molar-refractivity contribution in [2.75, 3.05) is 11.9 Å². The fourth-order valence-corrected chi connectivity index (χ4v) is 2.12. The van der Waals surface area contributed by atoms with Crippen LogP contribution in [0.4, 0.5) is 18.9 Å². The van der Waals surface area contributed by atoms with Gasteiger partial charge in [-0.3, -0.25) is 4.79 Å². The summed E-state index contributed by atoms with van der Waals surface area (Å²) in [5, 5.41) is 2.51. The zero-order valence-electron chi connectivity index (χ0n) is 11.0. The van der Waals surface area contributed by atoms with Gasteiger partial charge in [0.2, 0.25) is 5.91 Å². The van der Waals surface area contributed by atoms with E-state index in [1.54, 1.807) is 6.07 Å². The predicted molar refractivity (Wildman–Crippen MR) is 74.4 cm³/mol. The fourth-order valence-electron chi connectivity index (χ4n) is 1.49. The van der Waals surface area contributed by atoms with E-state index in [0.29, 0.717) is 13.0 Å². The van der Waals surface area contributed by atoms with Crippen molar-refractivity contribution in [2.24, 2.45) is 11.7 Å². The minimum Gasteiger partial charge on any atom is -0.330 e. The van der Waals surface area contributed by atoms with Gasteiger partial charge >= 0.3 is 5.51 Å². The number of amides is 1. The molecule has 112 valence electrons. The molecule has 0 saturated heterocycles. The summed E-state index contributed by atoms with van der Waals surface area (Å²) in [5.74, 6) is -0.0962. The number of thioether (sulfide) groups is 1. The lowest BCUT2D eigenvalue weighted by Gasteiger charge is -2.13. The second kappa shape index (κ2) is 7.54. The molecule has 0 spiro atoms. The molecular weight excluding hydrogens is 289 g/mol. The number of anilines is 1.